The zero-order valence-electron chi connectivity index (χ0n) is 17.3. The fraction of sp³-hybridized carbons (Fsp3) is 0.280. The highest BCUT2D eigenvalue weighted by Crippen LogP contribution is 2.39. The minimum absolute atomic E-state index is 0.00782. The molecule has 0 atom stereocenters. The lowest BCUT2D eigenvalue weighted by molar-refractivity contribution is 0.292. The number of halogens is 1. The van der Waals surface area contributed by atoms with Crippen LogP contribution in [0.15, 0.2) is 82.8 Å². The van der Waals surface area contributed by atoms with Gasteiger partial charge in [-0.3, -0.25) is 0 Å². The molecule has 2 N–H and O–H groups in total. The first-order valence-electron chi connectivity index (χ1n) is 10.6. The zero-order valence-corrected chi connectivity index (χ0v) is 18.9. The maximum Gasteiger partial charge on any atom is 0.170 e. The number of thiocarbonyl (C=S) groups is 1. The van der Waals surface area contributed by atoms with Crippen LogP contribution in [0, 0.1) is 5.82 Å². The maximum atomic E-state index is 13.4. The molecule has 1 fully saturated rings. The smallest absolute Gasteiger partial charge is 0.170 e. The van der Waals surface area contributed by atoms with Crippen molar-refractivity contribution in [3.63, 3.8) is 0 Å². The van der Waals surface area contributed by atoms with E-state index in [0.29, 0.717) is 5.11 Å². The number of anilines is 1. The first-order valence-corrected chi connectivity index (χ1v) is 11.9. The van der Waals surface area contributed by atoms with E-state index >= 15 is 0 Å². The molecular weight excluding hydrogens is 425 g/mol. The van der Waals surface area contributed by atoms with Crippen LogP contribution in [-0.4, -0.2) is 16.6 Å². The normalized spacial score (nSPS) is 15.3. The van der Waals surface area contributed by atoms with Gasteiger partial charge in [0.15, 0.2) is 5.11 Å². The molecule has 1 heterocycles. The van der Waals surface area contributed by atoms with Crippen molar-refractivity contribution < 1.29 is 4.39 Å². The fourth-order valence-corrected chi connectivity index (χ4v) is 5.11. The number of hydrogen-bond acceptors (Lipinski definition) is 3. The molecular formula is C25H26FN3S2. The van der Waals surface area contributed by atoms with E-state index in [-0.39, 0.29) is 11.2 Å². The van der Waals surface area contributed by atoms with Crippen molar-refractivity contribution in [2.45, 2.75) is 47.4 Å². The molecule has 3 aromatic rings. The van der Waals surface area contributed by atoms with Gasteiger partial charge in [-0.1, -0.05) is 61.4 Å². The van der Waals surface area contributed by atoms with Crippen molar-refractivity contribution in [3.05, 3.63) is 84.3 Å². The van der Waals surface area contributed by atoms with Crippen LogP contribution < -0.4 is 10.6 Å². The fourth-order valence-electron chi connectivity index (χ4n) is 4.15. The van der Waals surface area contributed by atoms with Gasteiger partial charge in [-0.05, 0) is 67.0 Å². The van der Waals surface area contributed by atoms with Crippen molar-refractivity contribution in [3.8, 4) is 0 Å². The number of pyridine rings is 1. The maximum absolute atomic E-state index is 13.4. The van der Waals surface area contributed by atoms with Crippen LogP contribution in [0.1, 0.15) is 37.7 Å². The minimum Gasteiger partial charge on any atom is -0.362 e. The predicted octanol–water partition coefficient (Wildman–Crippen LogP) is 6.56. The average Bonchev–Trinajstić information content (AvgIpc) is 2.81. The SMILES string of the molecule is Fc1ccc(C2(CNC(=S)Nc3ccc(Sc4ccccc4)nc3)CCCCC2)cc1. The highest BCUT2D eigenvalue weighted by molar-refractivity contribution is 7.99. The van der Waals surface area contributed by atoms with Crippen LogP contribution in [0.2, 0.25) is 0 Å². The Kier molecular flexibility index (Phi) is 7.20. The molecule has 0 saturated heterocycles. The Morgan fingerprint density at radius 1 is 0.968 bits per heavy atom. The van der Waals surface area contributed by atoms with Crippen LogP contribution in [-0.2, 0) is 5.41 Å². The van der Waals surface area contributed by atoms with Crippen molar-refractivity contribution in [2.24, 2.45) is 0 Å². The predicted molar refractivity (Wildman–Crippen MR) is 130 cm³/mol. The molecule has 160 valence electrons. The molecule has 0 spiro atoms. The van der Waals surface area contributed by atoms with Gasteiger partial charge in [0.2, 0.25) is 0 Å². The molecule has 1 aliphatic rings. The van der Waals surface area contributed by atoms with Crippen molar-refractivity contribution >= 4 is 34.8 Å². The Labute approximate surface area is 192 Å². The first-order chi connectivity index (χ1) is 15.1. The summed E-state index contributed by atoms with van der Waals surface area (Å²) in [4.78, 5) is 5.68. The molecule has 0 radical (unpaired) electrons. The van der Waals surface area contributed by atoms with E-state index in [1.54, 1.807) is 30.1 Å². The number of aromatic nitrogens is 1. The summed E-state index contributed by atoms with van der Waals surface area (Å²) in [6.45, 7) is 0.736. The number of nitrogens with one attached hydrogen (secondary N) is 2. The highest BCUT2D eigenvalue weighted by Gasteiger charge is 2.34. The van der Waals surface area contributed by atoms with Crippen LogP contribution in [0.5, 0.6) is 0 Å². The Hall–Kier alpha value is -2.44. The quantitative estimate of drug-likeness (QED) is 0.415. The Bertz CT molecular complexity index is 986. The lowest BCUT2D eigenvalue weighted by atomic mass is 9.69. The molecule has 0 unspecified atom stereocenters. The molecule has 1 aliphatic carbocycles. The number of benzene rings is 2. The van der Waals surface area contributed by atoms with Crippen molar-refractivity contribution in [2.75, 3.05) is 11.9 Å². The van der Waals surface area contributed by atoms with E-state index in [1.807, 2.05) is 42.5 Å². The molecule has 6 heteroatoms. The van der Waals surface area contributed by atoms with Gasteiger partial charge in [0.1, 0.15) is 10.8 Å². The number of rotatable bonds is 6. The van der Waals surface area contributed by atoms with Crippen molar-refractivity contribution in [1.29, 1.82) is 0 Å². The summed E-state index contributed by atoms with van der Waals surface area (Å²) in [6.07, 6.45) is 7.59. The van der Waals surface area contributed by atoms with E-state index in [2.05, 4.69) is 27.8 Å². The molecule has 4 rings (SSSR count). The number of nitrogens with zero attached hydrogens (tertiary/aromatic N) is 1. The summed E-state index contributed by atoms with van der Waals surface area (Å²) in [6, 6.07) is 21.1. The third-order valence-electron chi connectivity index (χ3n) is 5.81. The molecule has 0 bridgehead atoms. The van der Waals surface area contributed by atoms with Gasteiger partial charge in [-0.25, -0.2) is 9.37 Å². The molecule has 31 heavy (non-hydrogen) atoms. The highest BCUT2D eigenvalue weighted by atomic mass is 32.2. The summed E-state index contributed by atoms with van der Waals surface area (Å²) >= 11 is 7.18. The van der Waals surface area contributed by atoms with Gasteiger partial charge in [0.25, 0.3) is 0 Å². The summed E-state index contributed by atoms with van der Waals surface area (Å²) in [5.41, 5.74) is 2.04. The van der Waals surface area contributed by atoms with Gasteiger partial charge in [-0.2, -0.15) is 0 Å². The van der Waals surface area contributed by atoms with E-state index in [9.17, 15) is 4.39 Å². The van der Waals surface area contributed by atoms with E-state index < -0.39 is 0 Å². The topological polar surface area (TPSA) is 37.0 Å². The molecule has 1 saturated carbocycles. The van der Waals surface area contributed by atoms with Crippen LogP contribution in [0.4, 0.5) is 10.1 Å². The van der Waals surface area contributed by atoms with E-state index in [1.165, 1.54) is 24.8 Å². The average molecular weight is 452 g/mol. The standard InChI is InChI=1S/C25H26FN3S2/c26-20-11-9-19(10-12-20)25(15-5-2-6-16-25)18-28-24(30)29-21-13-14-23(27-17-21)31-22-7-3-1-4-8-22/h1,3-4,7-14,17H,2,5-6,15-16,18H2,(H2,28,29,30). The van der Waals surface area contributed by atoms with Gasteiger partial charge in [0.05, 0.1) is 11.9 Å². The zero-order chi connectivity index (χ0) is 21.5. The van der Waals surface area contributed by atoms with Crippen LogP contribution >= 0.6 is 24.0 Å². The first kappa shape index (κ1) is 21.8. The second kappa shape index (κ2) is 10.2. The second-order valence-corrected chi connectivity index (χ2v) is 9.46. The van der Waals surface area contributed by atoms with Gasteiger partial charge in [0, 0.05) is 16.9 Å². The molecule has 3 nitrogen and oxygen atoms in total. The minimum atomic E-state index is -0.193. The molecule has 0 amide bonds. The Morgan fingerprint density at radius 3 is 2.39 bits per heavy atom. The largest absolute Gasteiger partial charge is 0.362 e. The lowest BCUT2D eigenvalue weighted by Gasteiger charge is -2.38. The third kappa shape index (κ3) is 5.83. The molecule has 1 aromatic heterocycles. The molecule has 2 aromatic carbocycles. The third-order valence-corrected chi connectivity index (χ3v) is 7.02. The molecule has 0 aliphatic heterocycles. The monoisotopic (exact) mass is 451 g/mol. The summed E-state index contributed by atoms with van der Waals surface area (Å²) < 4.78 is 13.4. The number of hydrogen-bond donors (Lipinski definition) is 2. The Balaban J connectivity index is 1.35. The van der Waals surface area contributed by atoms with Gasteiger partial charge >= 0.3 is 0 Å². The Morgan fingerprint density at radius 2 is 1.71 bits per heavy atom. The second-order valence-electron chi connectivity index (χ2n) is 7.96. The van der Waals surface area contributed by atoms with Crippen molar-refractivity contribution in [1.82, 2.24) is 10.3 Å². The van der Waals surface area contributed by atoms with E-state index in [4.69, 9.17) is 12.2 Å². The summed E-state index contributed by atoms with van der Waals surface area (Å²) in [5, 5.41) is 8.16. The van der Waals surface area contributed by atoms with Gasteiger partial charge < -0.3 is 10.6 Å². The van der Waals surface area contributed by atoms with Gasteiger partial charge in [-0.15, -0.1) is 0 Å². The van der Waals surface area contributed by atoms with E-state index in [0.717, 1.165) is 35.0 Å². The summed E-state index contributed by atoms with van der Waals surface area (Å²) in [5.74, 6) is -0.193. The van der Waals surface area contributed by atoms with Crippen LogP contribution in [0.25, 0.3) is 0 Å². The lowest BCUT2D eigenvalue weighted by Crippen LogP contribution is -2.43. The van der Waals surface area contributed by atoms with Crippen LogP contribution in [0.3, 0.4) is 0 Å². The summed E-state index contributed by atoms with van der Waals surface area (Å²) in [7, 11) is 0.